The third-order valence-electron chi connectivity index (χ3n) is 9.65. The highest BCUT2D eigenvalue weighted by molar-refractivity contribution is 5.97. The number of aromatic nitrogens is 3. The number of rotatable bonds is 6. The van der Waals surface area contributed by atoms with Crippen molar-refractivity contribution in [2.45, 2.75) is 6.92 Å². The summed E-state index contributed by atoms with van der Waals surface area (Å²) in [5.41, 5.74) is 11.1. The Labute approximate surface area is 297 Å². The van der Waals surface area contributed by atoms with Gasteiger partial charge in [0.1, 0.15) is 0 Å². The summed E-state index contributed by atoms with van der Waals surface area (Å²) >= 11 is 0. The minimum Gasteiger partial charge on any atom is -0.208 e. The Hall–Kier alpha value is -6.71. The highest BCUT2D eigenvalue weighted by Gasteiger charge is 2.14. The Kier molecular flexibility index (Phi) is 7.71. The monoisotopic (exact) mass is 651 g/mol. The van der Waals surface area contributed by atoms with Gasteiger partial charge in [0.2, 0.25) is 0 Å². The molecule has 1 aromatic heterocycles. The SMILES string of the molecule is Cc1cc(-c2ccc3ccccc3c2)ccc1-c1cccc(-c2nc(-c3ccccc3)nc(-c3ccc(-c4cccc5ccccc45)cc3)n2)c1. The lowest BCUT2D eigenvalue weighted by Crippen LogP contribution is -2.00. The number of aryl methyl sites for hydroxylation is 1. The molecule has 3 heteroatoms. The number of benzene rings is 8. The van der Waals surface area contributed by atoms with Crippen LogP contribution >= 0.6 is 0 Å². The van der Waals surface area contributed by atoms with Gasteiger partial charge in [-0.25, -0.2) is 15.0 Å². The molecule has 0 amide bonds. The second-order valence-electron chi connectivity index (χ2n) is 12.9. The molecule has 0 saturated carbocycles. The zero-order valence-corrected chi connectivity index (χ0v) is 28.2. The molecule has 0 saturated heterocycles. The van der Waals surface area contributed by atoms with Crippen LogP contribution in [0.2, 0.25) is 0 Å². The molecule has 0 atom stereocenters. The Morgan fingerprint density at radius 3 is 1.61 bits per heavy atom. The van der Waals surface area contributed by atoms with Gasteiger partial charge in [-0.3, -0.25) is 0 Å². The number of hydrogen-bond donors (Lipinski definition) is 0. The molecule has 8 aromatic carbocycles. The standard InChI is InChI=1S/C48H33N3/c1-32-29-39(40-26-21-33-11-5-6-15-38(33)30-40)27-28-43(32)41-17-9-18-42(31-41)48-50-46(36-13-3-2-4-14-36)49-47(51-48)37-24-22-35(23-25-37)45-20-10-16-34-12-7-8-19-44(34)45/h2-31H,1H3. The topological polar surface area (TPSA) is 38.7 Å². The maximum absolute atomic E-state index is 5.07. The van der Waals surface area contributed by atoms with Gasteiger partial charge in [-0.1, -0.05) is 170 Å². The quantitative estimate of drug-likeness (QED) is 0.180. The van der Waals surface area contributed by atoms with Gasteiger partial charge >= 0.3 is 0 Å². The molecule has 51 heavy (non-hydrogen) atoms. The zero-order valence-electron chi connectivity index (χ0n) is 28.2. The first kappa shape index (κ1) is 30.4. The molecule has 0 aliphatic rings. The van der Waals surface area contributed by atoms with Crippen LogP contribution in [0.5, 0.6) is 0 Å². The zero-order chi connectivity index (χ0) is 34.1. The maximum atomic E-state index is 5.07. The van der Waals surface area contributed by atoms with Crippen LogP contribution in [0, 0.1) is 6.92 Å². The summed E-state index contributed by atoms with van der Waals surface area (Å²) in [5, 5.41) is 4.96. The third kappa shape index (κ3) is 5.96. The summed E-state index contributed by atoms with van der Waals surface area (Å²) in [6.45, 7) is 2.18. The molecule has 0 N–H and O–H groups in total. The van der Waals surface area contributed by atoms with Crippen LogP contribution in [0.4, 0.5) is 0 Å². The Bertz CT molecular complexity index is 2690. The van der Waals surface area contributed by atoms with E-state index < -0.39 is 0 Å². The normalized spacial score (nSPS) is 11.2. The summed E-state index contributed by atoms with van der Waals surface area (Å²) in [6, 6.07) is 64.1. The van der Waals surface area contributed by atoms with Gasteiger partial charge in [0.05, 0.1) is 0 Å². The van der Waals surface area contributed by atoms with Crippen molar-refractivity contribution in [2.75, 3.05) is 0 Å². The molecule has 9 aromatic rings. The fourth-order valence-electron chi connectivity index (χ4n) is 6.99. The lowest BCUT2D eigenvalue weighted by atomic mass is 9.94. The van der Waals surface area contributed by atoms with Gasteiger partial charge < -0.3 is 0 Å². The van der Waals surface area contributed by atoms with Crippen LogP contribution in [0.25, 0.3) is 89.1 Å². The van der Waals surface area contributed by atoms with Crippen LogP contribution < -0.4 is 0 Å². The first-order valence-electron chi connectivity index (χ1n) is 17.3. The van der Waals surface area contributed by atoms with E-state index in [1.807, 2.05) is 30.3 Å². The molecule has 0 fully saturated rings. The van der Waals surface area contributed by atoms with E-state index >= 15 is 0 Å². The molecule has 3 nitrogen and oxygen atoms in total. The maximum Gasteiger partial charge on any atom is 0.164 e. The van der Waals surface area contributed by atoms with E-state index in [1.54, 1.807) is 0 Å². The van der Waals surface area contributed by atoms with E-state index in [0.29, 0.717) is 17.5 Å². The summed E-state index contributed by atoms with van der Waals surface area (Å²) in [7, 11) is 0. The van der Waals surface area contributed by atoms with Gasteiger partial charge in [0, 0.05) is 16.7 Å². The average Bonchev–Trinajstić information content (AvgIpc) is 3.20. The molecular weight excluding hydrogens is 619 g/mol. The highest BCUT2D eigenvalue weighted by atomic mass is 15.0. The predicted octanol–water partition coefficient (Wildman–Crippen LogP) is 12.5. The fourth-order valence-corrected chi connectivity index (χ4v) is 6.99. The second kappa shape index (κ2) is 13.0. The number of nitrogens with zero attached hydrogens (tertiary/aromatic N) is 3. The molecule has 0 bridgehead atoms. The van der Waals surface area contributed by atoms with Gasteiger partial charge in [-0.15, -0.1) is 0 Å². The fraction of sp³-hybridized carbons (Fsp3) is 0.0208. The number of fused-ring (bicyclic) bond motifs is 2. The smallest absolute Gasteiger partial charge is 0.164 e. The molecule has 0 aliphatic carbocycles. The molecule has 1 heterocycles. The van der Waals surface area contributed by atoms with Gasteiger partial charge in [0.25, 0.3) is 0 Å². The first-order chi connectivity index (χ1) is 25.2. The van der Waals surface area contributed by atoms with Crippen LogP contribution in [0.15, 0.2) is 182 Å². The van der Waals surface area contributed by atoms with Crippen LogP contribution in [-0.4, -0.2) is 15.0 Å². The van der Waals surface area contributed by atoms with E-state index in [-0.39, 0.29) is 0 Å². The van der Waals surface area contributed by atoms with E-state index in [2.05, 4.69) is 159 Å². The summed E-state index contributed by atoms with van der Waals surface area (Å²) in [4.78, 5) is 15.1. The highest BCUT2D eigenvalue weighted by Crippen LogP contribution is 2.34. The van der Waals surface area contributed by atoms with Crippen molar-refractivity contribution in [3.63, 3.8) is 0 Å². The van der Waals surface area contributed by atoms with Crippen molar-refractivity contribution in [1.29, 1.82) is 0 Å². The Balaban J connectivity index is 1.09. The van der Waals surface area contributed by atoms with E-state index in [1.165, 1.54) is 49.4 Å². The number of hydrogen-bond acceptors (Lipinski definition) is 3. The Morgan fingerprint density at radius 1 is 0.294 bits per heavy atom. The first-order valence-corrected chi connectivity index (χ1v) is 17.3. The summed E-state index contributed by atoms with van der Waals surface area (Å²) in [6.07, 6.45) is 0. The third-order valence-corrected chi connectivity index (χ3v) is 9.65. The van der Waals surface area contributed by atoms with Crippen molar-refractivity contribution < 1.29 is 0 Å². The summed E-state index contributed by atoms with van der Waals surface area (Å²) in [5.74, 6) is 1.93. The lowest BCUT2D eigenvalue weighted by molar-refractivity contribution is 1.07. The molecule has 0 unspecified atom stereocenters. The second-order valence-corrected chi connectivity index (χ2v) is 12.9. The van der Waals surface area contributed by atoms with Gasteiger partial charge in [-0.05, 0) is 79.5 Å². The lowest BCUT2D eigenvalue weighted by Gasteiger charge is -2.12. The molecule has 240 valence electrons. The van der Waals surface area contributed by atoms with Crippen molar-refractivity contribution in [1.82, 2.24) is 15.0 Å². The predicted molar refractivity (Wildman–Crippen MR) is 212 cm³/mol. The van der Waals surface area contributed by atoms with Crippen molar-refractivity contribution >= 4 is 21.5 Å². The molecule has 0 spiro atoms. The minimum atomic E-state index is 0.643. The van der Waals surface area contributed by atoms with E-state index in [4.69, 9.17) is 15.0 Å². The molecule has 0 radical (unpaired) electrons. The summed E-state index contributed by atoms with van der Waals surface area (Å²) < 4.78 is 0. The van der Waals surface area contributed by atoms with Crippen molar-refractivity contribution in [3.05, 3.63) is 188 Å². The van der Waals surface area contributed by atoms with Crippen molar-refractivity contribution in [3.8, 4) is 67.5 Å². The van der Waals surface area contributed by atoms with Crippen LogP contribution in [0.1, 0.15) is 5.56 Å². The minimum absolute atomic E-state index is 0.643. The molecular formula is C48H33N3. The van der Waals surface area contributed by atoms with Gasteiger partial charge in [0.15, 0.2) is 17.5 Å². The van der Waals surface area contributed by atoms with Crippen LogP contribution in [-0.2, 0) is 0 Å². The van der Waals surface area contributed by atoms with Gasteiger partial charge in [-0.2, -0.15) is 0 Å². The molecule has 0 aliphatic heterocycles. The van der Waals surface area contributed by atoms with E-state index in [9.17, 15) is 0 Å². The van der Waals surface area contributed by atoms with Crippen molar-refractivity contribution in [2.24, 2.45) is 0 Å². The Morgan fingerprint density at radius 2 is 0.824 bits per heavy atom. The van der Waals surface area contributed by atoms with Crippen LogP contribution in [0.3, 0.4) is 0 Å². The largest absolute Gasteiger partial charge is 0.208 e. The average molecular weight is 652 g/mol. The molecule has 9 rings (SSSR count). The van der Waals surface area contributed by atoms with E-state index in [0.717, 1.165) is 27.8 Å².